The average molecular weight is 491 g/mol. The van der Waals surface area contributed by atoms with Crippen molar-refractivity contribution in [2.24, 2.45) is 5.92 Å². The molecule has 2 aromatic rings. The Kier molecular flexibility index (Phi) is 6.97. The highest BCUT2D eigenvalue weighted by Crippen LogP contribution is 2.37. The summed E-state index contributed by atoms with van der Waals surface area (Å²) in [6.45, 7) is 8.20. The Morgan fingerprint density at radius 3 is 2.59 bits per heavy atom. The summed E-state index contributed by atoms with van der Waals surface area (Å²) in [4.78, 5) is 6.08. The van der Waals surface area contributed by atoms with Gasteiger partial charge in [-0.2, -0.15) is 4.39 Å². The molecule has 0 saturated carbocycles. The molecule has 32 heavy (non-hydrogen) atoms. The first-order valence-corrected chi connectivity index (χ1v) is 11.9. The van der Waals surface area contributed by atoms with Gasteiger partial charge in [-0.15, -0.1) is 0 Å². The van der Waals surface area contributed by atoms with Crippen molar-refractivity contribution in [3.8, 4) is 0 Å². The monoisotopic (exact) mass is 490 g/mol. The van der Waals surface area contributed by atoms with Gasteiger partial charge in [0.05, 0.1) is 5.69 Å². The maximum absolute atomic E-state index is 15.0. The molecule has 2 heterocycles. The minimum Gasteiger partial charge on any atom is -0.370 e. The molecule has 1 aromatic carbocycles. The third-order valence-corrected chi connectivity index (χ3v) is 7.37. The zero-order valence-corrected chi connectivity index (χ0v) is 19.9. The highest BCUT2D eigenvalue weighted by atomic mass is 35.5. The summed E-state index contributed by atoms with van der Waals surface area (Å²) < 4.78 is 70.1. The number of nitrogens with one attached hydrogen (secondary N) is 1. The van der Waals surface area contributed by atoms with Gasteiger partial charge in [-0.25, -0.2) is 22.2 Å². The first kappa shape index (κ1) is 24.6. The second kappa shape index (κ2) is 9.07. The molecule has 1 atom stereocenters. The van der Waals surface area contributed by atoms with Crippen LogP contribution in [0.1, 0.15) is 27.2 Å². The fourth-order valence-electron chi connectivity index (χ4n) is 3.56. The topological polar surface area (TPSA) is 65.5 Å². The first-order valence-electron chi connectivity index (χ1n) is 10.1. The number of anilines is 2. The number of pyridine rings is 1. The molecule has 1 aliphatic rings. The van der Waals surface area contributed by atoms with Crippen molar-refractivity contribution >= 4 is 33.1 Å². The average Bonchev–Trinajstić information content (AvgIpc) is 3.11. The van der Waals surface area contributed by atoms with E-state index < -0.39 is 43.3 Å². The van der Waals surface area contributed by atoms with Gasteiger partial charge in [0.1, 0.15) is 16.7 Å². The molecule has 1 N–H and O–H groups in total. The number of benzene rings is 1. The van der Waals surface area contributed by atoms with E-state index in [1.54, 1.807) is 4.90 Å². The van der Waals surface area contributed by atoms with Crippen molar-refractivity contribution in [3.63, 3.8) is 0 Å². The van der Waals surface area contributed by atoms with E-state index in [4.69, 9.17) is 11.6 Å². The van der Waals surface area contributed by atoms with E-state index in [0.717, 1.165) is 31.2 Å². The Morgan fingerprint density at radius 2 is 1.97 bits per heavy atom. The summed E-state index contributed by atoms with van der Waals surface area (Å²) in [5, 5.41) is -0.483. The van der Waals surface area contributed by atoms with Crippen LogP contribution in [0.2, 0.25) is 5.02 Å². The molecule has 11 heteroatoms. The van der Waals surface area contributed by atoms with Crippen LogP contribution in [0.4, 0.5) is 24.7 Å². The quantitative estimate of drug-likeness (QED) is 0.477. The number of hydrogen-bond acceptors (Lipinski definition) is 5. The molecular formula is C21H26ClF3N4O2S. The summed E-state index contributed by atoms with van der Waals surface area (Å²) in [5.74, 6) is -3.78. The van der Waals surface area contributed by atoms with Crippen LogP contribution in [-0.4, -0.2) is 50.5 Å². The van der Waals surface area contributed by atoms with Crippen LogP contribution in [0, 0.1) is 23.5 Å². The van der Waals surface area contributed by atoms with Gasteiger partial charge in [0.25, 0.3) is 10.0 Å². The summed E-state index contributed by atoms with van der Waals surface area (Å²) >= 11 is 6.15. The third kappa shape index (κ3) is 5.29. The van der Waals surface area contributed by atoms with Crippen molar-refractivity contribution in [1.82, 2.24) is 9.88 Å². The van der Waals surface area contributed by atoms with E-state index in [1.165, 1.54) is 6.07 Å². The summed E-state index contributed by atoms with van der Waals surface area (Å²) in [7, 11) is -2.71. The Balaban J connectivity index is 1.85. The predicted molar refractivity (Wildman–Crippen MR) is 119 cm³/mol. The molecule has 3 rings (SSSR count). The molecule has 1 fully saturated rings. The number of sulfonamides is 1. The fourth-order valence-corrected chi connectivity index (χ4v) is 5.03. The minimum absolute atomic E-state index is 0.0111. The lowest BCUT2D eigenvalue weighted by molar-refractivity contribution is 0.153. The van der Waals surface area contributed by atoms with Crippen molar-refractivity contribution in [3.05, 3.63) is 46.9 Å². The lowest BCUT2D eigenvalue weighted by Gasteiger charge is -2.34. The van der Waals surface area contributed by atoms with Crippen molar-refractivity contribution < 1.29 is 21.6 Å². The molecule has 0 spiro atoms. The second-order valence-electron chi connectivity index (χ2n) is 8.94. The summed E-state index contributed by atoms with van der Waals surface area (Å²) in [6.07, 6.45) is 0.812. The Hall–Kier alpha value is -2.04. The van der Waals surface area contributed by atoms with Gasteiger partial charge in [0.15, 0.2) is 10.7 Å². The molecule has 0 bridgehead atoms. The molecule has 1 aliphatic heterocycles. The molecule has 176 valence electrons. The van der Waals surface area contributed by atoms with Crippen molar-refractivity contribution in [2.75, 3.05) is 36.3 Å². The van der Waals surface area contributed by atoms with Gasteiger partial charge in [-0.05, 0) is 52.3 Å². The lowest BCUT2D eigenvalue weighted by atomic mass is 10.0. The Bertz CT molecular complexity index is 1110. The molecule has 0 unspecified atom stereocenters. The number of halogens is 4. The van der Waals surface area contributed by atoms with Crippen molar-refractivity contribution in [2.45, 2.75) is 37.6 Å². The van der Waals surface area contributed by atoms with E-state index in [0.29, 0.717) is 13.1 Å². The number of nitrogens with zero attached hydrogens (tertiary/aromatic N) is 3. The lowest BCUT2D eigenvalue weighted by Crippen LogP contribution is -2.41. The van der Waals surface area contributed by atoms with Gasteiger partial charge in [-0.1, -0.05) is 17.7 Å². The van der Waals surface area contributed by atoms with Crippen LogP contribution in [0.3, 0.4) is 0 Å². The molecule has 0 radical (unpaired) electrons. The zero-order valence-electron chi connectivity index (χ0n) is 18.3. The Labute approximate surface area is 191 Å². The Morgan fingerprint density at radius 1 is 1.28 bits per heavy atom. The normalized spacial score (nSPS) is 17.3. The van der Waals surface area contributed by atoms with E-state index in [2.05, 4.69) is 30.7 Å². The molecule has 6 nitrogen and oxygen atoms in total. The largest absolute Gasteiger partial charge is 0.370 e. The molecule has 1 saturated heterocycles. The summed E-state index contributed by atoms with van der Waals surface area (Å²) in [6, 6.07) is 4.30. The van der Waals surface area contributed by atoms with E-state index >= 15 is 0 Å². The second-order valence-corrected chi connectivity index (χ2v) is 10.9. The highest BCUT2D eigenvalue weighted by molar-refractivity contribution is 7.92. The minimum atomic E-state index is -4.74. The smallest absolute Gasteiger partial charge is 0.268 e. The molecule has 0 aliphatic carbocycles. The number of rotatable bonds is 6. The van der Waals surface area contributed by atoms with E-state index in [9.17, 15) is 21.6 Å². The number of aromatic nitrogens is 1. The predicted octanol–water partition coefficient (Wildman–Crippen LogP) is 4.51. The van der Waals surface area contributed by atoms with Gasteiger partial charge in [-0.3, -0.25) is 4.72 Å². The van der Waals surface area contributed by atoms with Crippen LogP contribution in [0.5, 0.6) is 0 Å². The standard InChI is InChI=1S/C21H26ClF3N4O2S/c1-21(2,3)28(4)11-13-8-9-29(12-13)15-10-14(23)20(19(25)18(15)22)32(30,31)27-17-7-5-6-16(24)26-17/h5-7,10,13H,8-9,11-12H2,1-4H3,(H,26,27)/t13-/m0/s1. The third-order valence-electron chi connectivity index (χ3n) is 5.62. The van der Waals surface area contributed by atoms with Crippen LogP contribution < -0.4 is 9.62 Å². The number of hydrogen-bond donors (Lipinski definition) is 1. The molecular weight excluding hydrogens is 465 g/mol. The SMILES string of the molecule is CN(C[C@@H]1CCN(c2cc(F)c(S(=O)(=O)Nc3cccc(F)n3)c(F)c2Cl)C1)C(C)(C)C. The zero-order chi connectivity index (χ0) is 23.8. The molecule has 1 aromatic heterocycles. The van der Waals surface area contributed by atoms with Gasteiger partial charge >= 0.3 is 0 Å². The fraction of sp³-hybridized carbons (Fsp3) is 0.476. The molecule has 0 amide bonds. The van der Waals surface area contributed by atoms with Crippen LogP contribution in [-0.2, 0) is 10.0 Å². The van der Waals surface area contributed by atoms with Gasteiger partial charge in [0.2, 0.25) is 5.95 Å². The van der Waals surface area contributed by atoms with Crippen LogP contribution >= 0.6 is 11.6 Å². The van der Waals surface area contributed by atoms with Crippen molar-refractivity contribution in [1.29, 1.82) is 0 Å². The van der Waals surface area contributed by atoms with Gasteiger partial charge in [0, 0.05) is 31.2 Å². The summed E-state index contributed by atoms with van der Waals surface area (Å²) in [5.41, 5.74) is 0.0911. The first-order chi connectivity index (χ1) is 14.8. The van der Waals surface area contributed by atoms with E-state index in [1.807, 2.05) is 11.8 Å². The maximum atomic E-state index is 15.0. The highest BCUT2D eigenvalue weighted by Gasteiger charge is 2.33. The maximum Gasteiger partial charge on any atom is 0.268 e. The van der Waals surface area contributed by atoms with Gasteiger partial charge < -0.3 is 9.80 Å². The van der Waals surface area contributed by atoms with E-state index in [-0.39, 0.29) is 17.1 Å². The van der Waals surface area contributed by atoms with Crippen LogP contribution in [0.15, 0.2) is 29.2 Å². The van der Waals surface area contributed by atoms with Crippen LogP contribution in [0.25, 0.3) is 0 Å².